The van der Waals surface area contributed by atoms with Crippen molar-refractivity contribution in [2.24, 2.45) is 0 Å². The highest BCUT2D eigenvalue weighted by Gasteiger charge is 2.49. The average molecular weight is 539 g/mol. The standard InChI is InChI=1S/C29H25F3N2OS2/c30-29(31,32)19-33-26(35)28(23-14-6-4-12-21(23)22-13-5-7-15-24(22)28)16-8-9-17-36-27-34-25(18-37-27)20-10-2-1-3-11-20/h1-7,10-15,18H,8-9,16-17,19H2,(H,33,35). The Morgan fingerprint density at radius 1 is 0.892 bits per heavy atom. The molecule has 0 aliphatic heterocycles. The van der Waals surface area contributed by atoms with E-state index >= 15 is 0 Å². The summed E-state index contributed by atoms with van der Waals surface area (Å²) >= 11 is 3.27. The molecule has 1 aliphatic rings. The van der Waals surface area contributed by atoms with Gasteiger partial charge < -0.3 is 5.32 Å². The van der Waals surface area contributed by atoms with E-state index < -0.39 is 24.0 Å². The number of thiazole rings is 1. The van der Waals surface area contributed by atoms with Crippen molar-refractivity contribution in [2.45, 2.75) is 35.2 Å². The van der Waals surface area contributed by atoms with Crippen LogP contribution in [0.3, 0.4) is 0 Å². The van der Waals surface area contributed by atoms with Crippen LogP contribution < -0.4 is 5.32 Å². The summed E-state index contributed by atoms with van der Waals surface area (Å²) in [7, 11) is 0. The van der Waals surface area contributed by atoms with E-state index in [0.29, 0.717) is 12.8 Å². The first-order chi connectivity index (χ1) is 17.9. The maximum Gasteiger partial charge on any atom is 0.405 e. The molecule has 0 radical (unpaired) electrons. The smallest absolute Gasteiger partial charge is 0.346 e. The Hall–Kier alpha value is -3.10. The normalized spacial score (nSPS) is 13.7. The molecule has 0 saturated carbocycles. The minimum absolute atomic E-state index is 0.429. The predicted octanol–water partition coefficient (Wildman–Crippen LogP) is 7.72. The van der Waals surface area contributed by atoms with Crippen molar-refractivity contribution in [1.82, 2.24) is 10.3 Å². The van der Waals surface area contributed by atoms with Crippen LogP contribution in [0.15, 0.2) is 88.6 Å². The van der Waals surface area contributed by atoms with Crippen molar-refractivity contribution in [1.29, 1.82) is 0 Å². The Morgan fingerprint density at radius 2 is 1.51 bits per heavy atom. The number of amides is 1. The third kappa shape index (κ3) is 5.31. The lowest BCUT2D eigenvalue weighted by atomic mass is 9.73. The summed E-state index contributed by atoms with van der Waals surface area (Å²) in [5, 5.41) is 4.24. The molecule has 1 amide bonds. The Balaban J connectivity index is 1.31. The molecular weight excluding hydrogens is 513 g/mol. The number of fused-ring (bicyclic) bond motifs is 3. The molecule has 5 rings (SSSR count). The molecule has 1 aromatic heterocycles. The van der Waals surface area contributed by atoms with Gasteiger partial charge in [-0.05, 0) is 35.1 Å². The molecule has 8 heteroatoms. The van der Waals surface area contributed by atoms with Crippen molar-refractivity contribution in [3.8, 4) is 22.4 Å². The lowest BCUT2D eigenvalue weighted by Gasteiger charge is -2.31. The topological polar surface area (TPSA) is 42.0 Å². The third-order valence-corrected chi connectivity index (χ3v) is 8.73. The summed E-state index contributed by atoms with van der Waals surface area (Å²) < 4.78 is 40.0. The van der Waals surface area contributed by atoms with Gasteiger partial charge >= 0.3 is 6.18 Å². The minimum atomic E-state index is -4.47. The molecular formula is C29H25F3N2OS2. The molecule has 0 saturated heterocycles. The highest BCUT2D eigenvalue weighted by atomic mass is 32.2. The van der Waals surface area contributed by atoms with Gasteiger partial charge in [0, 0.05) is 16.7 Å². The maximum absolute atomic E-state index is 13.5. The molecule has 0 fully saturated rings. The van der Waals surface area contributed by atoms with Crippen LogP contribution in [-0.4, -0.2) is 29.4 Å². The van der Waals surface area contributed by atoms with Crippen LogP contribution in [0.4, 0.5) is 13.2 Å². The van der Waals surface area contributed by atoms with Crippen molar-refractivity contribution >= 4 is 29.0 Å². The number of benzene rings is 3. The SMILES string of the molecule is O=C(NCC(F)(F)F)C1(CCCCSc2nc(-c3ccccc3)cs2)c2ccccc2-c2ccccc21. The summed E-state index contributed by atoms with van der Waals surface area (Å²) in [6.45, 7) is -1.35. The Bertz CT molecular complexity index is 1340. The third-order valence-electron chi connectivity index (χ3n) is 6.63. The van der Waals surface area contributed by atoms with Crippen molar-refractivity contribution < 1.29 is 18.0 Å². The zero-order valence-electron chi connectivity index (χ0n) is 19.9. The highest BCUT2D eigenvalue weighted by molar-refractivity contribution is 8.01. The van der Waals surface area contributed by atoms with Gasteiger partial charge in [0.05, 0.1) is 5.69 Å². The molecule has 0 spiro atoms. The largest absolute Gasteiger partial charge is 0.405 e. The second kappa shape index (κ2) is 10.7. The lowest BCUT2D eigenvalue weighted by Crippen LogP contribution is -2.47. The first-order valence-corrected chi connectivity index (χ1v) is 13.9. The summed E-state index contributed by atoms with van der Waals surface area (Å²) in [5.74, 6) is 0.216. The Morgan fingerprint density at radius 3 is 2.16 bits per heavy atom. The van der Waals surface area contributed by atoms with E-state index in [1.54, 1.807) is 23.1 Å². The molecule has 0 atom stereocenters. The number of carbonyl (C=O) groups is 1. The second-order valence-corrected chi connectivity index (χ2v) is 11.2. The van der Waals surface area contributed by atoms with E-state index in [1.807, 2.05) is 84.2 Å². The van der Waals surface area contributed by atoms with Crippen LogP contribution in [0.5, 0.6) is 0 Å². The number of thioether (sulfide) groups is 1. The van der Waals surface area contributed by atoms with Gasteiger partial charge in [0.15, 0.2) is 4.34 Å². The van der Waals surface area contributed by atoms with E-state index in [4.69, 9.17) is 4.98 Å². The number of hydrogen-bond acceptors (Lipinski definition) is 4. The maximum atomic E-state index is 13.5. The molecule has 37 heavy (non-hydrogen) atoms. The first kappa shape index (κ1) is 25.5. The van der Waals surface area contributed by atoms with Gasteiger partial charge in [-0.2, -0.15) is 13.2 Å². The summed E-state index contributed by atoms with van der Waals surface area (Å²) in [4.78, 5) is 18.3. The fraction of sp³-hybridized carbons (Fsp3) is 0.241. The zero-order valence-corrected chi connectivity index (χ0v) is 21.6. The van der Waals surface area contributed by atoms with Gasteiger partial charge in [0.2, 0.25) is 5.91 Å². The van der Waals surface area contributed by atoms with Gasteiger partial charge in [-0.15, -0.1) is 11.3 Å². The monoisotopic (exact) mass is 538 g/mol. The summed E-state index contributed by atoms with van der Waals surface area (Å²) in [6.07, 6.45) is -2.55. The van der Waals surface area contributed by atoms with Crippen molar-refractivity contribution in [3.63, 3.8) is 0 Å². The second-order valence-electron chi connectivity index (χ2n) is 8.96. The van der Waals surface area contributed by atoms with Gasteiger partial charge in [0.1, 0.15) is 12.0 Å². The minimum Gasteiger partial charge on any atom is -0.346 e. The molecule has 1 N–H and O–H groups in total. The fourth-order valence-electron chi connectivity index (χ4n) is 5.00. The molecule has 4 aromatic rings. The quantitative estimate of drug-likeness (QED) is 0.175. The van der Waals surface area contributed by atoms with Crippen LogP contribution in [0.25, 0.3) is 22.4 Å². The molecule has 0 unspecified atom stereocenters. The predicted molar refractivity (Wildman–Crippen MR) is 144 cm³/mol. The number of unbranched alkanes of at least 4 members (excludes halogenated alkanes) is 1. The number of carbonyl (C=O) groups excluding carboxylic acids is 1. The number of nitrogens with zero attached hydrogens (tertiary/aromatic N) is 1. The molecule has 1 aliphatic carbocycles. The van der Waals surface area contributed by atoms with Gasteiger partial charge in [-0.3, -0.25) is 4.79 Å². The van der Waals surface area contributed by atoms with Gasteiger partial charge in [-0.1, -0.05) is 97.0 Å². The Labute approximate surface area is 222 Å². The van der Waals surface area contributed by atoms with E-state index in [-0.39, 0.29) is 0 Å². The molecule has 3 nitrogen and oxygen atoms in total. The van der Waals surface area contributed by atoms with Crippen LogP contribution in [-0.2, 0) is 10.2 Å². The highest BCUT2D eigenvalue weighted by Crippen LogP contribution is 2.51. The fourth-order valence-corrected chi connectivity index (χ4v) is 6.91. The van der Waals surface area contributed by atoms with Crippen molar-refractivity contribution in [3.05, 3.63) is 95.4 Å². The summed E-state index contributed by atoms with van der Waals surface area (Å²) in [6, 6.07) is 25.1. The molecule has 3 aromatic carbocycles. The number of rotatable bonds is 9. The van der Waals surface area contributed by atoms with Gasteiger partial charge in [-0.25, -0.2) is 4.98 Å². The van der Waals surface area contributed by atoms with Gasteiger partial charge in [0.25, 0.3) is 0 Å². The lowest BCUT2D eigenvalue weighted by molar-refractivity contribution is -0.141. The average Bonchev–Trinajstić information content (AvgIpc) is 3.49. The number of aromatic nitrogens is 1. The molecule has 190 valence electrons. The number of halogens is 3. The first-order valence-electron chi connectivity index (χ1n) is 12.1. The van der Waals surface area contributed by atoms with Crippen molar-refractivity contribution in [2.75, 3.05) is 12.3 Å². The van der Waals surface area contributed by atoms with E-state index in [1.165, 1.54) is 0 Å². The Kier molecular flexibility index (Phi) is 7.40. The zero-order chi connectivity index (χ0) is 25.9. The molecule has 0 bridgehead atoms. The number of alkyl halides is 3. The van der Waals surface area contributed by atoms with E-state index in [9.17, 15) is 18.0 Å². The molecule has 1 heterocycles. The van der Waals surface area contributed by atoms with Crippen LogP contribution in [0.1, 0.15) is 30.4 Å². The van der Waals surface area contributed by atoms with E-state index in [2.05, 4.69) is 5.32 Å². The van der Waals surface area contributed by atoms with Crippen LogP contribution in [0.2, 0.25) is 0 Å². The van der Waals surface area contributed by atoms with E-state index in [0.717, 1.165) is 50.0 Å². The summed E-state index contributed by atoms with van der Waals surface area (Å²) in [5.41, 5.74) is 4.25. The number of hydrogen-bond donors (Lipinski definition) is 1. The number of nitrogens with one attached hydrogen (secondary N) is 1. The van der Waals surface area contributed by atoms with Crippen LogP contribution in [0, 0.1) is 0 Å². The van der Waals surface area contributed by atoms with Crippen LogP contribution >= 0.6 is 23.1 Å².